The fraction of sp³-hybridized carbons (Fsp3) is 0.789. The van der Waals surface area contributed by atoms with Gasteiger partial charge in [-0.3, -0.25) is 4.79 Å². The Kier molecular flexibility index (Phi) is 11.7. The molecule has 6 nitrogen and oxygen atoms in total. The molecule has 0 aromatic carbocycles. The zero-order valence-electron chi connectivity index (χ0n) is 17.5. The van der Waals surface area contributed by atoms with Gasteiger partial charge in [0.25, 0.3) is 0 Å². The van der Waals surface area contributed by atoms with E-state index < -0.39 is 20.3 Å². The molecule has 0 aromatic heterocycles. The van der Waals surface area contributed by atoms with E-state index in [9.17, 15) is 9.59 Å². The van der Waals surface area contributed by atoms with Gasteiger partial charge < -0.3 is 18.6 Å². The predicted octanol–water partition coefficient (Wildman–Crippen LogP) is 3.86. The normalized spacial score (nSPS) is 12.8. The van der Waals surface area contributed by atoms with E-state index in [2.05, 4.69) is 33.9 Å². The van der Waals surface area contributed by atoms with Crippen molar-refractivity contribution in [1.82, 2.24) is 0 Å². The Bertz CT molecular complexity index is 465. The molecule has 0 fully saturated rings. The third-order valence-electron chi connectivity index (χ3n) is 4.43. The van der Waals surface area contributed by atoms with Crippen LogP contribution in [-0.2, 0) is 28.2 Å². The highest BCUT2D eigenvalue weighted by atomic mass is 28.4. The van der Waals surface area contributed by atoms with E-state index in [0.29, 0.717) is 25.2 Å². The van der Waals surface area contributed by atoms with Crippen molar-refractivity contribution in [2.45, 2.75) is 65.1 Å². The Labute approximate surface area is 159 Å². The Morgan fingerprint density at radius 1 is 1.04 bits per heavy atom. The van der Waals surface area contributed by atoms with Crippen LogP contribution in [0, 0.1) is 0 Å². The molecule has 0 rings (SSSR count). The van der Waals surface area contributed by atoms with Crippen molar-refractivity contribution >= 4 is 20.3 Å². The second kappa shape index (κ2) is 12.2. The molecular formula is C19H36O6Si. The van der Waals surface area contributed by atoms with Crippen LogP contribution in [0.15, 0.2) is 11.6 Å². The number of rotatable bonds is 12. The summed E-state index contributed by atoms with van der Waals surface area (Å²) in [5.74, 6) is -0.930. The molecule has 0 aliphatic rings. The lowest BCUT2D eigenvalue weighted by atomic mass is 10.1. The summed E-state index contributed by atoms with van der Waals surface area (Å²) in [4.78, 5) is 23.8. The molecule has 0 saturated heterocycles. The maximum atomic E-state index is 12.0. The van der Waals surface area contributed by atoms with Gasteiger partial charge >= 0.3 is 11.9 Å². The van der Waals surface area contributed by atoms with Crippen LogP contribution in [0.4, 0.5) is 0 Å². The summed E-state index contributed by atoms with van der Waals surface area (Å²) in [7, 11) is -0.228. The molecule has 0 radical (unpaired) electrons. The molecule has 152 valence electrons. The van der Waals surface area contributed by atoms with Gasteiger partial charge in [-0.25, -0.2) is 4.79 Å². The van der Waals surface area contributed by atoms with E-state index in [1.807, 2.05) is 0 Å². The van der Waals surface area contributed by atoms with Crippen LogP contribution < -0.4 is 0 Å². The summed E-state index contributed by atoms with van der Waals surface area (Å²) < 4.78 is 21.0. The van der Waals surface area contributed by atoms with Crippen molar-refractivity contribution < 1.29 is 28.2 Å². The van der Waals surface area contributed by atoms with Crippen LogP contribution in [0.25, 0.3) is 0 Å². The van der Waals surface area contributed by atoms with Gasteiger partial charge in [-0.1, -0.05) is 26.8 Å². The first kappa shape index (κ1) is 24.8. The standard InChI is InChI=1S/C19H36O6Si/c1-8-23-18(21)16(15-17(20)24-14-13-22-5)11-9-10-12-25-26(6,7)19(2,3)4/h11H,8-10,12-15H2,1-7H3/b16-11-. The maximum Gasteiger partial charge on any atom is 0.334 e. The first-order valence-electron chi connectivity index (χ1n) is 9.19. The Morgan fingerprint density at radius 2 is 1.69 bits per heavy atom. The average molecular weight is 389 g/mol. The Balaban J connectivity index is 4.56. The van der Waals surface area contributed by atoms with E-state index in [0.717, 1.165) is 6.42 Å². The van der Waals surface area contributed by atoms with E-state index >= 15 is 0 Å². The summed E-state index contributed by atoms with van der Waals surface area (Å²) in [5.41, 5.74) is 0.335. The van der Waals surface area contributed by atoms with Gasteiger partial charge in [0.2, 0.25) is 0 Å². The van der Waals surface area contributed by atoms with Crippen molar-refractivity contribution in [3.05, 3.63) is 11.6 Å². The molecule has 0 spiro atoms. The molecule has 0 N–H and O–H groups in total. The Morgan fingerprint density at radius 3 is 2.23 bits per heavy atom. The molecule has 26 heavy (non-hydrogen) atoms. The smallest absolute Gasteiger partial charge is 0.334 e. The monoisotopic (exact) mass is 388 g/mol. The number of hydrogen-bond donors (Lipinski definition) is 0. The van der Waals surface area contributed by atoms with E-state index in [4.69, 9.17) is 18.6 Å². The quantitative estimate of drug-likeness (QED) is 0.219. The number of unbranched alkanes of at least 4 members (excludes halogenated alkanes) is 1. The van der Waals surface area contributed by atoms with Gasteiger partial charge in [0.1, 0.15) is 6.61 Å². The van der Waals surface area contributed by atoms with E-state index in [1.165, 1.54) is 7.11 Å². The minimum absolute atomic E-state index is 0.0916. The lowest BCUT2D eigenvalue weighted by molar-refractivity contribution is -0.147. The highest BCUT2D eigenvalue weighted by molar-refractivity contribution is 6.74. The maximum absolute atomic E-state index is 12.0. The number of methoxy groups -OCH3 is 1. The van der Waals surface area contributed by atoms with Crippen LogP contribution in [0.5, 0.6) is 0 Å². The lowest BCUT2D eigenvalue weighted by Gasteiger charge is -2.36. The van der Waals surface area contributed by atoms with Gasteiger partial charge in [-0.05, 0) is 37.9 Å². The highest BCUT2D eigenvalue weighted by Gasteiger charge is 2.36. The number of carbonyl (C=O) groups is 2. The minimum atomic E-state index is -1.76. The van der Waals surface area contributed by atoms with Crippen molar-refractivity contribution in [2.75, 3.05) is 33.5 Å². The van der Waals surface area contributed by atoms with Gasteiger partial charge in [-0.15, -0.1) is 0 Å². The largest absolute Gasteiger partial charge is 0.463 e. The molecule has 0 unspecified atom stereocenters. The predicted molar refractivity (Wildman–Crippen MR) is 105 cm³/mol. The number of carbonyl (C=O) groups excluding carboxylic acids is 2. The first-order valence-corrected chi connectivity index (χ1v) is 12.1. The van der Waals surface area contributed by atoms with Crippen LogP contribution >= 0.6 is 0 Å². The van der Waals surface area contributed by atoms with E-state index in [1.54, 1.807) is 13.0 Å². The number of hydrogen-bond acceptors (Lipinski definition) is 6. The molecule has 0 saturated carbocycles. The molecule has 0 heterocycles. The highest BCUT2D eigenvalue weighted by Crippen LogP contribution is 2.36. The zero-order valence-corrected chi connectivity index (χ0v) is 18.5. The fourth-order valence-corrected chi connectivity index (χ4v) is 2.89. The molecule has 7 heteroatoms. The third-order valence-corrected chi connectivity index (χ3v) is 8.97. The SMILES string of the molecule is CCOC(=O)/C(=C\CCCO[Si](C)(C)C(C)(C)C)CC(=O)OCCOC. The van der Waals surface area contributed by atoms with Gasteiger partial charge in [-0.2, -0.15) is 0 Å². The van der Waals surface area contributed by atoms with Crippen LogP contribution in [0.1, 0.15) is 47.0 Å². The molecule has 0 aliphatic heterocycles. The number of ether oxygens (including phenoxy) is 3. The third kappa shape index (κ3) is 10.1. The summed E-state index contributed by atoms with van der Waals surface area (Å²) in [6.45, 7) is 14.2. The second-order valence-corrected chi connectivity index (χ2v) is 12.4. The molecule has 0 aromatic rings. The van der Waals surface area contributed by atoms with Crippen molar-refractivity contribution in [2.24, 2.45) is 0 Å². The van der Waals surface area contributed by atoms with Gasteiger partial charge in [0, 0.05) is 19.3 Å². The molecule has 0 amide bonds. The summed E-state index contributed by atoms with van der Waals surface area (Å²) in [5, 5.41) is 0.172. The van der Waals surface area contributed by atoms with Crippen molar-refractivity contribution in [3.63, 3.8) is 0 Å². The Hall–Kier alpha value is -1.18. The first-order chi connectivity index (χ1) is 12.0. The summed E-state index contributed by atoms with van der Waals surface area (Å²) in [6, 6.07) is 0. The van der Waals surface area contributed by atoms with Gasteiger partial charge in [0.15, 0.2) is 8.32 Å². The van der Waals surface area contributed by atoms with E-state index in [-0.39, 0.29) is 24.7 Å². The van der Waals surface area contributed by atoms with Crippen LogP contribution in [-0.4, -0.2) is 53.8 Å². The van der Waals surface area contributed by atoms with Gasteiger partial charge in [0.05, 0.1) is 19.6 Å². The summed E-state index contributed by atoms with van der Waals surface area (Å²) >= 11 is 0. The molecule has 0 aliphatic carbocycles. The zero-order chi connectivity index (χ0) is 20.2. The second-order valence-electron chi connectivity index (χ2n) is 7.59. The number of esters is 2. The molecular weight excluding hydrogens is 352 g/mol. The summed E-state index contributed by atoms with van der Waals surface area (Å²) in [6.07, 6.45) is 3.10. The average Bonchev–Trinajstić information content (AvgIpc) is 2.52. The fourth-order valence-electron chi connectivity index (χ4n) is 1.80. The van der Waals surface area contributed by atoms with Crippen molar-refractivity contribution in [1.29, 1.82) is 0 Å². The lowest BCUT2D eigenvalue weighted by Crippen LogP contribution is -2.40. The van der Waals surface area contributed by atoms with Crippen molar-refractivity contribution in [3.8, 4) is 0 Å². The van der Waals surface area contributed by atoms with Crippen LogP contribution in [0.2, 0.25) is 18.1 Å². The molecule has 0 atom stereocenters. The van der Waals surface area contributed by atoms with Crippen LogP contribution in [0.3, 0.4) is 0 Å². The molecule has 0 bridgehead atoms. The minimum Gasteiger partial charge on any atom is -0.463 e. The number of allylic oxidation sites excluding steroid dienone is 1. The topological polar surface area (TPSA) is 71.1 Å².